The van der Waals surface area contributed by atoms with Crippen molar-refractivity contribution in [2.75, 3.05) is 26.4 Å². The summed E-state index contributed by atoms with van der Waals surface area (Å²) >= 11 is 0. The second kappa shape index (κ2) is 80.9. The molecule has 0 aromatic rings. The van der Waals surface area contributed by atoms with E-state index in [4.69, 9.17) is 20.4 Å². The summed E-state index contributed by atoms with van der Waals surface area (Å²) in [6.45, 7) is 21.3. The van der Waals surface area contributed by atoms with Gasteiger partial charge in [0, 0.05) is 13.2 Å². The summed E-state index contributed by atoms with van der Waals surface area (Å²) in [5, 5.41) is 31.9. The van der Waals surface area contributed by atoms with Gasteiger partial charge in [-0.25, -0.2) is 0 Å². The van der Waals surface area contributed by atoms with Crippen LogP contribution in [0.3, 0.4) is 0 Å². The third kappa shape index (κ3) is 354. The lowest BCUT2D eigenvalue weighted by molar-refractivity contribution is 0.186. The minimum Gasteiger partial charge on any atom is -0.396 e. The molecule has 0 atom stereocenters. The van der Waals surface area contributed by atoms with Gasteiger partial charge < -0.3 is 20.4 Å². The topological polar surface area (TPSA) is 80.9 Å². The standard InChI is InChI=1S/C6H14O2.4C3H6.C2H6O2/c7-5-3-1-2-4-6-8;4*1-3-2;3-1-2-4/h7-8H,1-6H2;4*3H,1H2,2H3;3-4H,1-2H2. The van der Waals surface area contributed by atoms with Crippen molar-refractivity contribution >= 4 is 0 Å². The molecule has 0 amide bonds. The zero-order valence-corrected chi connectivity index (χ0v) is 16.6. The maximum atomic E-state index is 8.30. The fourth-order valence-electron chi connectivity index (χ4n) is 0.577. The van der Waals surface area contributed by atoms with E-state index in [1.165, 1.54) is 0 Å². The molecular weight excluding hydrogens is 304 g/mol. The minimum atomic E-state index is -0.125. The van der Waals surface area contributed by atoms with Crippen LogP contribution in [-0.4, -0.2) is 46.9 Å². The first-order valence-electron chi connectivity index (χ1n) is 8.21. The van der Waals surface area contributed by atoms with Crippen molar-refractivity contribution in [3.05, 3.63) is 50.6 Å². The second-order valence-electron chi connectivity index (χ2n) is 3.94. The highest BCUT2D eigenvalue weighted by Gasteiger charge is 1.84. The van der Waals surface area contributed by atoms with Gasteiger partial charge in [-0.05, 0) is 40.5 Å². The lowest BCUT2D eigenvalue weighted by Gasteiger charge is -1.93. The fraction of sp³-hybridized carbons (Fsp3) is 0.600. The first-order valence-corrected chi connectivity index (χ1v) is 8.21. The van der Waals surface area contributed by atoms with E-state index >= 15 is 0 Å². The monoisotopic (exact) mass is 348 g/mol. The molecule has 0 aliphatic carbocycles. The summed E-state index contributed by atoms with van der Waals surface area (Å²) in [5.41, 5.74) is 0. The van der Waals surface area contributed by atoms with Crippen LogP contribution in [0.15, 0.2) is 50.6 Å². The Hall–Kier alpha value is -1.20. The third-order valence-electron chi connectivity index (χ3n) is 1.17. The molecule has 0 fully saturated rings. The van der Waals surface area contributed by atoms with Crippen LogP contribution in [0.25, 0.3) is 0 Å². The fourth-order valence-corrected chi connectivity index (χ4v) is 0.577. The molecule has 0 bridgehead atoms. The molecule has 0 unspecified atom stereocenters. The Labute approximate surface area is 151 Å². The van der Waals surface area contributed by atoms with E-state index in [1.807, 2.05) is 27.7 Å². The predicted molar refractivity (Wildman–Crippen MR) is 110 cm³/mol. The van der Waals surface area contributed by atoms with Crippen molar-refractivity contribution in [1.29, 1.82) is 0 Å². The molecule has 0 saturated heterocycles. The molecule has 0 aromatic heterocycles. The van der Waals surface area contributed by atoms with Crippen LogP contribution in [0.1, 0.15) is 53.4 Å². The molecule has 0 aliphatic heterocycles. The number of rotatable bonds is 6. The number of unbranched alkanes of at least 4 members (excludes halogenated alkanes) is 3. The van der Waals surface area contributed by atoms with Gasteiger partial charge in [0.2, 0.25) is 0 Å². The second-order valence-corrected chi connectivity index (χ2v) is 3.94. The first kappa shape index (κ1) is 38.4. The van der Waals surface area contributed by atoms with Crippen LogP contribution >= 0.6 is 0 Å². The van der Waals surface area contributed by atoms with Crippen molar-refractivity contribution < 1.29 is 20.4 Å². The molecule has 4 N–H and O–H groups in total. The SMILES string of the molecule is C=CC.C=CC.C=CC.C=CC.OCCCCCCO.OCCO. The van der Waals surface area contributed by atoms with Gasteiger partial charge in [0.05, 0.1) is 13.2 Å². The van der Waals surface area contributed by atoms with Crippen molar-refractivity contribution in [2.24, 2.45) is 0 Å². The smallest absolute Gasteiger partial charge is 0.0662 e. The quantitative estimate of drug-likeness (QED) is 0.427. The van der Waals surface area contributed by atoms with Gasteiger partial charge in [-0.2, -0.15) is 0 Å². The Morgan fingerprint density at radius 2 is 0.625 bits per heavy atom. The Kier molecular flexibility index (Phi) is 129. The van der Waals surface area contributed by atoms with Gasteiger partial charge in [0.25, 0.3) is 0 Å². The van der Waals surface area contributed by atoms with E-state index < -0.39 is 0 Å². The molecule has 4 heteroatoms. The Balaban J connectivity index is -0.0000000436. The average molecular weight is 349 g/mol. The molecule has 24 heavy (non-hydrogen) atoms. The van der Waals surface area contributed by atoms with E-state index in [1.54, 1.807) is 24.3 Å². The maximum absolute atomic E-state index is 8.30. The molecule has 0 aliphatic rings. The van der Waals surface area contributed by atoms with E-state index in [2.05, 4.69) is 26.3 Å². The van der Waals surface area contributed by atoms with Crippen LogP contribution < -0.4 is 0 Å². The van der Waals surface area contributed by atoms with Crippen LogP contribution in [-0.2, 0) is 0 Å². The molecule has 0 spiro atoms. The van der Waals surface area contributed by atoms with Gasteiger partial charge >= 0.3 is 0 Å². The number of aliphatic hydroxyl groups is 4. The highest BCUT2D eigenvalue weighted by molar-refractivity contribution is 4.52. The summed E-state index contributed by atoms with van der Waals surface area (Å²) in [5.74, 6) is 0. The summed E-state index contributed by atoms with van der Waals surface area (Å²) in [7, 11) is 0. The van der Waals surface area contributed by atoms with Gasteiger partial charge in [0.15, 0.2) is 0 Å². The number of hydrogen-bond acceptors (Lipinski definition) is 4. The molecule has 0 aromatic carbocycles. The Morgan fingerprint density at radius 3 is 0.708 bits per heavy atom. The maximum Gasteiger partial charge on any atom is 0.0662 e. The van der Waals surface area contributed by atoms with Gasteiger partial charge in [-0.3, -0.25) is 0 Å². The molecule has 148 valence electrons. The van der Waals surface area contributed by atoms with Gasteiger partial charge in [0.1, 0.15) is 0 Å². The van der Waals surface area contributed by atoms with Crippen LogP contribution in [0.5, 0.6) is 0 Å². The zero-order valence-electron chi connectivity index (χ0n) is 16.6. The van der Waals surface area contributed by atoms with E-state index in [0.717, 1.165) is 25.7 Å². The molecule has 0 rings (SSSR count). The first-order chi connectivity index (χ1) is 11.5. The van der Waals surface area contributed by atoms with E-state index in [0.29, 0.717) is 0 Å². The van der Waals surface area contributed by atoms with Crippen molar-refractivity contribution in [2.45, 2.75) is 53.4 Å². The summed E-state index contributed by atoms with van der Waals surface area (Å²) in [4.78, 5) is 0. The van der Waals surface area contributed by atoms with Gasteiger partial charge in [-0.15, -0.1) is 26.3 Å². The van der Waals surface area contributed by atoms with Crippen molar-refractivity contribution in [3.8, 4) is 0 Å². The van der Waals surface area contributed by atoms with Crippen LogP contribution in [0.4, 0.5) is 0 Å². The van der Waals surface area contributed by atoms with Crippen LogP contribution in [0, 0.1) is 0 Å². The lowest BCUT2D eigenvalue weighted by Crippen LogP contribution is -1.85. The number of allylic oxidation sites excluding steroid dienone is 4. The Bertz CT molecular complexity index is 148. The third-order valence-corrected chi connectivity index (χ3v) is 1.17. The highest BCUT2D eigenvalue weighted by atomic mass is 16.3. The molecule has 0 saturated carbocycles. The molecule has 0 heterocycles. The van der Waals surface area contributed by atoms with E-state index in [-0.39, 0.29) is 26.4 Å². The van der Waals surface area contributed by atoms with Crippen LogP contribution in [0.2, 0.25) is 0 Å². The molecule has 4 nitrogen and oxygen atoms in total. The average Bonchev–Trinajstić information content (AvgIpc) is 2.55. The largest absolute Gasteiger partial charge is 0.396 e. The number of aliphatic hydroxyl groups excluding tert-OH is 4. The zero-order chi connectivity index (χ0) is 20.5. The summed E-state index contributed by atoms with van der Waals surface area (Å²) in [6, 6.07) is 0. The minimum absolute atomic E-state index is 0.125. The molecular formula is C20H44O4. The van der Waals surface area contributed by atoms with E-state index in [9.17, 15) is 0 Å². The summed E-state index contributed by atoms with van der Waals surface area (Å²) < 4.78 is 0. The highest BCUT2D eigenvalue weighted by Crippen LogP contribution is 1.96. The molecule has 0 radical (unpaired) electrons. The van der Waals surface area contributed by atoms with Gasteiger partial charge in [-0.1, -0.05) is 37.1 Å². The predicted octanol–water partition coefficient (Wildman–Crippen LogP) is 4.27. The lowest BCUT2D eigenvalue weighted by atomic mass is 10.2. The normalized spacial score (nSPS) is 6.67. The number of hydrogen-bond donors (Lipinski definition) is 4. The van der Waals surface area contributed by atoms with Crippen molar-refractivity contribution in [3.63, 3.8) is 0 Å². The summed E-state index contributed by atoms with van der Waals surface area (Å²) in [6.07, 6.45) is 10.8. The Morgan fingerprint density at radius 1 is 0.458 bits per heavy atom. The van der Waals surface area contributed by atoms with Crippen molar-refractivity contribution in [1.82, 2.24) is 0 Å².